The van der Waals surface area contributed by atoms with Crippen LogP contribution in [0.2, 0.25) is 10.0 Å². The first-order chi connectivity index (χ1) is 23.7. The molecule has 1 aliphatic rings. The van der Waals surface area contributed by atoms with Crippen molar-refractivity contribution in [2.45, 2.75) is 26.5 Å². The average Bonchev–Trinajstić information content (AvgIpc) is 3.39. The van der Waals surface area contributed by atoms with E-state index >= 15 is 0 Å². The monoisotopic (exact) mass is 777 g/mol. The van der Waals surface area contributed by atoms with Crippen LogP contribution in [0.3, 0.4) is 0 Å². The first kappa shape index (κ1) is 34.5. The van der Waals surface area contributed by atoms with Crippen LogP contribution < -0.4 is 34.4 Å². The third kappa shape index (κ3) is 7.47. The van der Waals surface area contributed by atoms with Crippen LogP contribution in [0.4, 0.5) is 5.69 Å². The SMILES string of the molecule is CCOc1ccc([C@@H]2C(C(=O)Nc3ccccc3)=C(C)N=c3s/c(=C\c4cc(OC)c(OCc5ccc(Cl)cc5Cl)cc4Br)c(=O)n32)cc1. The normalized spacial score (nSPS) is 14.2. The lowest BCUT2D eigenvalue weighted by molar-refractivity contribution is -0.113. The number of ether oxygens (including phenoxy) is 3. The van der Waals surface area contributed by atoms with E-state index in [1.165, 1.54) is 11.3 Å². The molecule has 4 aromatic carbocycles. The highest BCUT2D eigenvalue weighted by molar-refractivity contribution is 9.10. The molecule has 5 aromatic rings. The van der Waals surface area contributed by atoms with Crippen molar-refractivity contribution in [1.29, 1.82) is 0 Å². The maximum absolute atomic E-state index is 14.3. The van der Waals surface area contributed by atoms with Crippen molar-refractivity contribution < 1.29 is 19.0 Å². The Bertz CT molecular complexity index is 2250. The second-order valence-electron chi connectivity index (χ2n) is 11.0. The molecule has 0 spiro atoms. The Morgan fingerprint density at radius 2 is 1.78 bits per heavy atom. The van der Waals surface area contributed by atoms with Gasteiger partial charge in [-0.2, -0.15) is 0 Å². The summed E-state index contributed by atoms with van der Waals surface area (Å²) in [5.74, 6) is 1.30. The van der Waals surface area contributed by atoms with E-state index in [-0.39, 0.29) is 18.1 Å². The number of hydrogen-bond donors (Lipinski definition) is 1. The molecule has 1 aromatic heterocycles. The maximum Gasteiger partial charge on any atom is 0.271 e. The van der Waals surface area contributed by atoms with Gasteiger partial charge in [-0.05, 0) is 79.6 Å². The average molecular weight is 780 g/mol. The Morgan fingerprint density at radius 1 is 1.02 bits per heavy atom. The zero-order valence-electron chi connectivity index (χ0n) is 26.6. The minimum atomic E-state index is -0.730. The molecule has 250 valence electrons. The summed E-state index contributed by atoms with van der Waals surface area (Å²) in [6, 6.07) is 24.7. The number of aromatic nitrogens is 1. The van der Waals surface area contributed by atoms with E-state index in [2.05, 4.69) is 21.2 Å². The Morgan fingerprint density at radius 3 is 2.47 bits per heavy atom. The van der Waals surface area contributed by atoms with E-state index in [1.807, 2.05) is 61.5 Å². The molecule has 0 bridgehead atoms. The number of carbonyl (C=O) groups excluding carboxylic acids is 1. The highest BCUT2D eigenvalue weighted by atomic mass is 79.9. The summed E-state index contributed by atoms with van der Waals surface area (Å²) in [5.41, 5.74) is 3.44. The van der Waals surface area contributed by atoms with Crippen LogP contribution in [0.15, 0.2) is 110 Å². The number of fused-ring (bicyclic) bond motifs is 1. The Kier molecular flexibility index (Phi) is 10.6. The first-order valence-corrected chi connectivity index (χ1v) is 17.6. The van der Waals surface area contributed by atoms with Gasteiger partial charge in [0, 0.05) is 25.8 Å². The number of methoxy groups -OCH3 is 1. The number of para-hydroxylation sites is 1. The molecule has 1 N–H and O–H groups in total. The predicted molar refractivity (Wildman–Crippen MR) is 198 cm³/mol. The van der Waals surface area contributed by atoms with Crippen molar-refractivity contribution in [3.63, 3.8) is 0 Å². The fourth-order valence-electron chi connectivity index (χ4n) is 5.43. The standard InChI is InChI=1S/C37H30BrCl2N3O5S/c1-4-47-27-14-11-22(12-15-27)34-33(35(44)42-26-8-6-5-7-9-26)21(2)41-37-43(34)36(45)32(49-37)17-24-16-30(46-3)31(19-28(24)38)48-20-23-10-13-25(39)18-29(23)40/h5-19,34H,4,20H2,1-3H3,(H,42,44)/b32-17-/t34-/m1/s1. The third-order valence-corrected chi connectivity index (χ3v) is 10.0. The molecule has 49 heavy (non-hydrogen) atoms. The lowest BCUT2D eigenvalue weighted by Crippen LogP contribution is -2.40. The van der Waals surface area contributed by atoms with Gasteiger partial charge in [0.2, 0.25) is 0 Å². The molecular weight excluding hydrogens is 749 g/mol. The highest BCUT2D eigenvalue weighted by Gasteiger charge is 2.32. The maximum atomic E-state index is 14.3. The van der Waals surface area contributed by atoms with E-state index in [0.29, 0.717) is 70.2 Å². The summed E-state index contributed by atoms with van der Waals surface area (Å²) in [6.45, 7) is 4.41. The summed E-state index contributed by atoms with van der Waals surface area (Å²) >= 11 is 17.3. The van der Waals surface area contributed by atoms with Crippen LogP contribution in [-0.2, 0) is 11.4 Å². The van der Waals surface area contributed by atoms with Gasteiger partial charge >= 0.3 is 0 Å². The molecule has 2 heterocycles. The molecule has 0 unspecified atom stereocenters. The van der Waals surface area contributed by atoms with E-state index in [1.54, 1.807) is 55.0 Å². The zero-order valence-corrected chi connectivity index (χ0v) is 30.5. The second-order valence-corrected chi connectivity index (χ2v) is 13.7. The number of hydrogen-bond acceptors (Lipinski definition) is 7. The molecule has 1 atom stereocenters. The van der Waals surface area contributed by atoms with Crippen LogP contribution >= 0.6 is 50.5 Å². The van der Waals surface area contributed by atoms with Crippen molar-refractivity contribution >= 4 is 68.1 Å². The lowest BCUT2D eigenvalue weighted by Gasteiger charge is -2.25. The zero-order chi connectivity index (χ0) is 34.7. The molecule has 0 aliphatic carbocycles. The molecular formula is C37H30BrCl2N3O5S. The third-order valence-electron chi connectivity index (χ3n) is 7.77. The van der Waals surface area contributed by atoms with Crippen molar-refractivity contribution in [1.82, 2.24) is 4.57 Å². The minimum absolute atomic E-state index is 0.196. The van der Waals surface area contributed by atoms with Gasteiger partial charge in [0.25, 0.3) is 11.5 Å². The smallest absolute Gasteiger partial charge is 0.271 e. The number of carbonyl (C=O) groups is 1. The molecule has 1 amide bonds. The van der Waals surface area contributed by atoms with Crippen LogP contribution in [0, 0.1) is 0 Å². The van der Waals surface area contributed by atoms with E-state index < -0.39 is 6.04 Å². The molecule has 1 aliphatic heterocycles. The van der Waals surface area contributed by atoms with Crippen LogP contribution in [0.5, 0.6) is 17.2 Å². The number of allylic oxidation sites excluding steroid dienone is 1. The molecule has 0 fully saturated rings. The van der Waals surface area contributed by atoms with E-state index in [4.69, 9.17) is 42.4 Å². The first-order valence-electron chi connectivity index (χ1n) is 15.2. The van der Waals surface area contributed by atoms with Crippen molar-refractivity contribution in [3.8, 4) is 17.2 Å². The van der Waals surface area contributed by atoms with Gasteiger partial charge in [0.15, 0.2) is 16.3 Å². The van der Waals surface area contributed by atoms with Gasteiger partial charge in [0.05, 0.1) is 35.6 Å². The van der Waals surface area contributed by atoms with Crippen molar-refractivity contribution in [2.75, 3.05) is 19.0 Å². The number of anilines is 1. The molecule has 6 rings (SSSR count). The quantitative estimate of drug-likeness (QED) is 0.156. The van der Waals surface area contributed by atoms with Gasteiger partial charge in [0.1, 0.15) is 12.4 Å². The van der Waals surface area contributed by atoms with Crippen LogP contribution in [0.1, 0.15) is 36.6 Å². The number of halogens is 3. The summed E-state index contributed by atoms with van der Waals surface area (Å²) in [7, 11) is 1.55. The molecule has 8 nitrogen and oxygen atoms in total. The minimum Gasteiger partial charge on any atom is -0.494 e. The Labute approximate surface area is 305 Å². The number of nitrogens with zero attached hydrogens (tertiary/aromatic N) is 2. The molecule has 0 saturated heterocycles. The predicted octanol–water partition coefficient (Wildman–Crippen LogP) is 7.93. The van der Waals surface area contributed by atoms with Crippen LogP contribution in [0.25, 0.3) is 6.08 Å². The lowest BCUT2D eigenvalue weighted by atomic mass is 9.95. The van der Waals surface area contributed by atoms with Gasteiger partial charge in [-0.1, -0.05) is 86.9 Å². The summed E-state index contributed by atoms with van der Waals surface area (Å²) in [4.78, 5) is 33.3. The molecule has 12 heteroatoms. The molecule has 0 saturated carbocycles. The van der Waals surface area contributed by atoms with Crippen molar-refractivity contribution in [3.05, 3.63) is 147 Å². The van der Waals surface area contributed by atoms with Gasteiger partial charge in [-0.3, -0.25) is 14.2 Å². The fourth-order valence-corrected chi connectivity index (χ4v) is 7.37. The molecule has 0 radical (unpaired) electrons. The van der Waals surface area contributed by atoms with Crippen molar-refractivity contribution in [2.24, 2.45) is 4.99 Å². The summed E-state index contributed by atoms with van der Waals surface area (Å²) in [5, 5.41) is 4.01. The Hall–Kier alpha value is -4.35. The number of nitrogens with one attached hydrogen (secondary N) is 1. The fraction of sp³-hybridized carbons (Fsp3) is 0.162. The highest BCUT2D eigenvalue weighted by Crippen LogP contribution is 2.36. The topological polar surface area (TPSA) is 91.2 Å². The number of thiazole rings is 1. The number of amides is 1. The van der Waals surface area contributed by atoms with Gasteiger partial charge < -0.3 is 19.5 Å². The summed E-state index contributed by atoms with van der Waals surface area (Å²) < 4.78 is 20.1. The second kappa shape index (κ2) is 15.0. The van der Waals surface area contributed by atoms with E-state index in [0.717, 1.165) is 11.1 Å². The number of rotatable bonds is 10. The van der Waals surface area contributed by atoms with Crippen LogP contribution in [-0.4, -0.2) is 24.2 Å². The van der Waals surface area contributed by atoms with Gasteiger partial charge in [-0.15, -0.1) is 0 Å². The van der Waals surface area contributed by atoms with E-state index in [9.17, 15) is 9.59 Å². The Balaban J connectivity index is 1.40. The number of benzene rings is 4. The largest absolute Gasteiger partial charge is 0.494 e. The van der Waals surface area contributed by atoms with Gasteiger partial charge in [-0.25, -0.2) is 4.99 Å². The summed E-state index contributed by atoms with van der Waals surface area (Å²) in [6.07, 6.45) is 1.77.